The Hall–Kier alpha value is -1.79. The summed E-state index contributed by atoms with van der Waals surface area (Å²) in [4.78, 5) is 4.12. The lowest BCUT2D eigenvalue weighted by Gasteiger charge is -2.05. The van der Waals surface area contributed by atoms with E-state index in [0.717, 1.165) is 5.56 Å². The van der Waals surface area contributed by atoms with Gasteiger partial charge >= 0.3 is 0 Å². The highest BCUT2D eigenvalue weighted by atomic mass is 35.5. The average molecular weight is 343 g/mol. The Balaban J connectivity index is 2.02. The van der Waals surface area contributed by atoms with E-state index in [1.54, 1.807) is 12.1 Å². The van der Waals surface area contributed by atoms with Crippen molar-refractivity contribution in [1.82, 2.24) is 0 Å². The Morgan fingerprint density at radius 1 is 1.23 bits per heavy atom. The molecule has 0 spiro atoms. The van der Waals surface area contributed by atoms with Gasteiger partial charge < -0.3 is 10.5 Å². The summed E-state index contributed by atoms with van der Waals surface area (Å²) in [6.07, 6.45) is 0. The first-order chi connectivity index (χ1) is 10.5. The quantitative estimate of drug-likeness (QED) is 0.657. The maximum atomic E-state index is 13.6. The number of halogens is 3. The Morgan fingerprint density at radius 3 is 2.64 bits per heavy atom. The lowest BCUT2D eigenvalue weighted by molar-refractivity contribution is 0.386. The third-order valence-corrected chi connectivity index (χ3v) is 3.90. The van der Waals surface area contributed by atoms with E-state index in [1.807, 2.05) is 0 Å². The molecule has 116 valence electrons. The number of nitrogens with two attached hydrogens (primary N) is 1. The molecule has 0 radical (unpaired) electrons. The van der Waals surface area contributed by atoms with Crippen molar-refractivity contribution in [3.8, 4) is 5.75 Å². The zero-order chi connectivity index (χ0) is 16.1. The van der Waals surface area contributed by atoms with E-state index in [9.17, 15) is 8.78 Å². The van der Waals surface area contributed by atoms with Crippen molar-refractivity contribution in [2.75, 3.05) is 7.11 Å². The van der Waals surface area contributed by atoms with E-state index in [-0.39, 0.29) is 15.9 Å². The SMILES string of the molecule is COc1ccc(CSC(N)=Nc2ccc(F)c(Cl)c2)cc1F. The van der Waals surface area contributed by atoms with Crippen molar-refractivity contribution in [3.05, 3.63) is 58.6 Å². The van der Waals surface area contributed by atoms with Crippen molar-refractivity contribution in [2.45, 2.75) is 5.75 Å². The Morgan fingerprint density at radius 2 is 2.00 bits per heavy atom. The van der Waals surface area contributed by atoms with Gasteiger partial charge in [-0.15, -0.1) is 0 Å². The molecule has 0 saturated heterocycles. The van der Waals surface area contributed by atoms with E-state index in [0.29, 0.717) is 11.4 Å². The third kappa shape index (κ3) is 4.35. The maximum absolute atomic E-state index is 13.6. The molecule has 0 saturated carbocycles. The number of ether oxygens (including phenoxy) is 1. The van der Waals surface area contributed by atoms with Gasteiger partial charge in [0.25, 0.3) is 0 Å². The second-order valence-corrected chi connectivity index (χ2v) is 5.71. The van der Waals surface area contributed by atoms with Gasteiger partial charge in [-0.2, -0.15) is 0 Å². The van der Waals surface area contributed by atoms with Gasteiger partial charge in [0.1, 0.15) is 5.82 Å². The average Bonchev–Trinajstić information content (AvgIpc) is 2.49. The first-order valence-corrected chi connectivity index (χ1v) is 7.60. The number of nitrogens with zero attached hydrogens (tertiary/aromatic N) is 1. The second-order valence-electron chi connectivity index (χ2n) is 4.31. The van der Waals surface area contributed by atoms with Crippen LogP contribution in [-0.4, -0.2) is 12.3 Å². The molecule has 0 unspecified atom stereocenters. The predicted molar refractivity (Wildman–Crippen MR) is 86.9 cm³/mol. The van der Waals surface area contributed by atoms with Gasteiger partial charge in [0.15, 0.2) is 16.7 Å². The summed E-state index contributed by atoms with van der Waals surface area (Å²) >= 11 is 6.91. The number of thioether (sulfide) groups is 1. The Labute approximate surface area is 136 Å². The number of aliphatic imine (C=N–C) groups is 1. The summed E-state index contributed by atoms with van der Waals surface area (Å²) in [5, 5.41) is 0.259. The molecule has 0 aliphatic carbocycles. The minimum atomic E-state index is -0.513. The van der Waals surface area contributed by atoms with E-state index < -0.39 is 11.6 Å². The molecule has 3 nitrogen and oxygen atoms in total. The molecule has 7 heteroatoms. The molecule has 2 aromatic rings. The molecular formula is C15H13ClF2N2OS. The fraction of sp³-hybridized carbons (Fsp3) is 0.133. The molecule has 0 bridgehead atoms. The van der Waals surface area contributed by atoms with Gasteiger partial charge in [-0.1, -0.05) is 29.4 Å². The van der Waals surface area contributed by atoms with E-state index in [1.165, 1.54) is 43.1 Å². The van der Waals surface area contributed by atoms with Crippen LogP contribution in [0.5, 0.6) is 5.75 Å². The highest BCUT2D eigenvalue weighted by Crippen LogP contribution is 2.24. The van der Waals surface area contributed by atoms with Gasteiger partial charge in [0, 0.05) is 5.75 Å². The largest absolute Gasteiger partial charge is 0.494 e. The molecule has 0 aliphatic heterocycles. The Kier molecular flexibility index (Phi) is 5.63. The monoisotopic (exact) mass is 342 g/mol. The number of hydrogen-bond acceptors (Lipinski definition) is 3. The maximum Gasteiger partial charge on any atom is 0.165 e. The van der Waals surface area contributed by atoms with E-state index in [4.69, 9.17) is 22.1 Å². The number of rotatable bonds is 4. The lowest BCUT2D eigenvalue weighted by atomic mass is 10.2. The van der Waals surface area contributed by atoms with Crippen LogP contribution in [0.3, 0.4) is 0 Å². The van der Waals surface area contributed by atoms with Crippen LogP contribution in [0.25, 0.3) is 0 Å². The molecule has 2 rings (SSSR count). The first-order valence-electron chi connectivity index (χ1n) is 6.24. The normalized spacial score (nSPS) is 11.5. The van der Waals surface area contributed by atoms with Crippen LogP contribution in [0.15, 0.2) is 41.4 Å². The zero-order valence-electron chi connectivity index (χ0n) is 11.6. The third-order valence-electron chi connectivity index (χ3n) is 2.75. The number of amidine groups is 1. The highest BCUT2D eigenvalue weighted by Gasteiger charge is 2.05. The Bertz CT molecular complexity index is 710. The van der Waals surface area contributed by atoms with Gasteiger partial charge in [-0.05, 0) is 35.9 Å². The van der Waals surface area contributed by atoms with Crippen molar-refractivity contribution in [3.63, 3.8) is 0 Å². The standard InChI is InChI=1S/C15H13ClF2N2OS/c1-21-14-5-2-9(6-13(14)18)8-22-15(19)20-10-3-4-12(17)11(16)7-10/h2-7H,8H2,1H3,(H2,19,20). The summed E-state index contributed by atoms with van der Waals surface area (Å²) in [5.74, 6) is -0.302. The number of benzene rings is 2. The second kappa shape index (κ2) is 7.47. The molecule has 22 heavy (non-hydrogen) atoms. The number of hydrogen-bond donors (Lipinski definition) is 1. The minimum Gasteiger partial charge on any atom is -0.494 e. The minimum absolute atomic E-state index is 0.0173. The van der Waals surface area contributed by atoms with Crippen LogP contribution in [0, 0.1) is 11.6 Å². The zero-order valence-corrected chi connectivity index (χ0v) is 13.2. The molecule has 0 amide bonds. The van der Waals surface area contributed by atoms with Crippen LogP contribution < -0.4 is 10.5 Å². The van der Waals surface area contributed by atoms with E-state index in [2.05, 4.69) is 4.99 Å². The van der Waals surface area contributed by atoms with Crippen molar-refractivity contribution < 1.29 is 13.5 Å². The van der Waals surface area contributed by atoms with Gasteiger partial charge in [-0.25, -0.2) is 13.8 Å². The molecule has 0 atom stereocenters. The van der Waals surface area contributed by atoms with Crippen LogP contribution in [0.2, 0.25) is 5.02 Å². The van der Waals surface area contributed by atoms with Crippen molar-refractivity contribution in [1.29, 1.82) is 0 Å². The fourth-order valence-corrected chi connectivity index (χ4v) is 2.51. The van der Waals surface area contributed by atoms with Crippen molar-refractivity contribution in [2.24, 2.45) is 10.7 Å². The van der Waals surface area contributed by atoms with Crippen LogP contribution in [-0.2, 0) is 5.75 Å². The summed E-state index contributed by atoms with van der Waals surface area (Å²) in [6, 6.07) is 8.76. The predicted octanol–water partition coefficient (Wildman–Crippen LogP) is 4.51. The van der Waals surface area contributed by atoms with Gasteiger partial charge in [0.05, 0.1) is 17.8 Å². The fourth-order valence-electron chi connectivity index (χ4n) is 1.67. The molecule has 0 heterocycles. The first kappa shape index (κ1) is 16.6. The molecule has 0 fully saturated rings. The summed E-state index contributed by atoms with van der Waals surface area (Å²) in [5.41, 5.74) is 7.00. The van der Waals surface area contributed by atoms with Gasteiger partial charge in [-0.3, -0.25) is 0 Å². The smallest absolute Gasteiger partial charge is 0.165 e. The molecule has 2 aromatic carbocycles. The van der Waals surface area contributed by atoms with Crippen LogP contribution in [0.1, 0.15) is 5.56 Å². The van der Waals surface area contributed by atoms with E-state index >= 15 is 0 Å². The molecule has 2 N–H and O–H groups in total. The molecule has 0 aromatic heterocycles. The topological polar surface area (TPSA) is 47.6 Å². The number of methoxy groups -OCH3 is 1. The highest BCUT2D eigenvalue weighted by molar-refractivity contribution is 8.13. The molecule has 0 aliphatic rings. The summed E-state index contributed by atoms with van der Waals surface area (Å²) in [7, 11) is 1.41. The van der Waals surface area contributed by atoms with Crippen LogP contribution >= 0.6 is 23.4 Å². The van der Waals surface area contributed by atoms with Crippen LogP contribution in [0.4, 0.5) is 14.5 Å². The summed E-state index contributed by atoms with van der Waals surface area (Å²) < 4.78 is 31.5. The van der Waals surface area contributed by atoms with Gasteiger partial charge in [0.2, 0.25) is 0 Å². The summed E-state index contributed by atoms with van der Waals surface area (Å²) in [6.45, 7) is 0. The molecular weight excluding hydrogens is 330 g/mol. The lowest BCUT2D eigenvalue weighted by Crippen LogP contribution is -2.06. The van der Waals surface area contributed by atoms with Crippen molar-refractivity contribution >= 4 is 34.2 Å².